The molecular formula is C15H28N4O. The Morgan fingerprint density at radius 3 is 2.50 bits per heavy atom. The second-order valence-electron chi connectivity index (χ2n) is 5.51. The lowest BCUT2D eigenvalue weighted by atomic mass is 9.78. The van der Waals surface area contributed by atoms with Gasteiger partial charge >= 0.3 is 0 Å². The summed E-state index contributed by atoms with van der Waals surface area (Å²) in [7, 11) is 1.89. The van der Waals surface area contributed by atoms with Crippen LogP contribution in [0.3, 0.4) is 0 Å². The topological polar surface area (TPSA) is 72.9 Å². The van der Waals surface area contributed by atoms with Gasteiger partial charge in [-0.3, -0.25) is 9.48 Å². The molecule has 0 saturated heterocycles. The zero-order chi connectivity index (χ0) is 15.0. The quantitative estimate of drug-likeness (QED) is 0.722. The summed E-state index contributed by atoms with van der Waals surface area (Å²) >= 11 is 0. The maximum atomic E-state index is 12.5. The number of nitrogens with zero attached hydrogens (tertiary/aromatic N) is 2. The molecule has 0 aliphatic rings. The van der Waals surface area contributed by atoms with Gasteiger partial charge in [-0.05, 0) is 24.8 Å². The van der Waals surface area contributed by atoms with Crippen LogP contribution in [0.25, 0.3) is 0 Å². The monoisotopic (exact) mass is 280 g/mol. The summed E-state index contributed by atoms with van der Waals surface area (Å²) in [4.78, 5) is 12.5. The molecule has 20 heavy (non-hydrogen) atoms. The molecular weight excluding hydrogens is 252 g/mol. The SMILES string of the molecule is CCCC(CN)(CCC)C(=O)NCCc1cnn(C)c1. The third-order valence-corrected chi connectivity index (χ3v) is 3.79. The molecule has 0 aliphatic heterocycles. The fourth-order valence-corrected chi connectivity index (χ4v) is 2.71. The number of rotatable bonds is 9. The number of aromatic nitrogens is 2. The van der Waals surface area contributed by atoms with Crippen molar-refractivity contribution >= 4 is 5.91 Å². The van der Waals surface area contributed by atoms with Crippen molar-refractivity contribution in [3.8, 4) is 0 Å². The van der Waals surface area contributed by atoms with Crippen molar-refractivity contribution in [1.82, 2.24) is 15.1 Å². The molecule has 0 atom stereocenters. The normalized spacial score (nSPS) is 11.6. The van der Waals surface area contributed by atoms with Crippen LogP contribution in [0.15, 0.2) is 12.4 Å². The van der Waals surface area contributed by atoms with E-state index >= 15 is 0 Å². The van der Waals surface area contributed by atoms with Crippen LogP contribution in [0.1, 0.15) is 45.1 Å². The van der Waals surface area contributed by atoms with Gasteiger partial charge in [0.05, 0.1) is 11.6 Å². The van der Waals surface area contributed by atoms with Crippen molar-refractivity contribution in [2.75, 3.05) is 13.1 Å². The summed E-state index contributed by atoms with van der Waals surface area (Å²) in [5, 5.41) is 7.17. The van der Waals surface area contributed by atoms with E-state index in [-0.39, 0.29) is 5.91 Å². The molecule has 0 saturated carbocycles. The molecule has 0 unspecified atom stereocenters. The molecule has 1 aromatic rings. The molecule has 1 aromatic heterocycles. The number of aryl methyl sites for hydroxylation is 1. The summed E-state index contributed by atoms with van der Waals surface area (Å²) in [6.07, 6.45) is 8.28. The third kappa shape index (κ3) is 4.34. The molecule has 5 nitrogen and oxygen atoms in total. The standard InChI is InChI=1S/C15H28N4O/c1-4-7-15(12-16,8-5-2)14(20)17-9-6-13-10-18-19(3)11-13/h10-11H,4-9,12,16H2,1-3H3,(H,17,20). The van der Waals surface area contributed by atoms with Crippen LogP contribution >= 0.6 is 0 Å². The molecule has 0 aromatic carbocycles. The van der Waals surface area contributed by atoms with E-state index in [2.05, 4.69) is 24.3 Å². The van der Waals surface area contributed by atoms with Gasteiger partial charge < -0.3 is 11.1 Å². The van der Waals surface area contributed by atoms with Crippen LogP contribution in [0.4, 0.5) is 0 Å². The zero-order valence-corrected chi connectivity index (χ0v) is 13.0. The highest BCUT2D eigenvalue weighted by Gasteiger charge is 2.34. The Kier molecular flexibility index (Phi) is 6.71. The molecule has 5 heteroatoms. The highest BCUT2D eigenvalue weighted by Crippen LogP contribution is 2.28. The van der Waals surface area contributed by atoms with Gasteiger partial charge in [-0.1, -0.05) is 26.7 Å². The van der Waals surface area contributed by atoms with Gasteiger partial charge in [-0.15, -0.1) is 0 Å². The average Bonchev–Trinajstić information content (AvgIpc) is 2.84. The van der Waals surface area contributed by atoms with Crippen LogP contribution in [0.2, 0.25) is 0 Å². The van der Waals surface area contributed by atoms with E-state index in [1.807, 2.05) is 19.4 Å². The first-order valence-corrected chi connectivity index (χ1v) is 7.54. The van der Waals surface area contributed by atoms with E-state index < -0.39 is 5.41 Å². The van der Waals surface area contributed by atoms with Gasteiger partial charge in [-0.25, -0.2) is 0 Å². The summed E-state index contributed by atoms with van der Waals surface area (Å²) < 4.78 is 1.77. The Morgan fingerprint density at radius 2 is 2.05 bits per heavy atom. The molecule has 3 N–H and O–H groups in total. The van der Waals surface area contributed by atoms with Crippen molar-refractivity contribution in [3.63, 3.8) is 0 Å². The van der Waals surface area contributed by atoms with E-state index in [0.29, 0.717) is 13.1 Å². The Morgan fingerprint density at radius 1 is 1.40 bits per heavy atom. The number of nitrogens with two attached hydrogens (primary N) is 1. The molecule has 0 aliphatic carbocycles. The number of nitrogens with one attached hydrogen (secondary N) is 1. The zero-order valence-electron chi connectivity index (χ0n) is 13.0. The smallest absolute Gasteiger partial charge is 0.227 e. The van der Waals surface area contributed by atoms with Crippen molar-refractivity contribution < 1.29 is 4.79 Å². The Hall–Kier alpha value is -1.36. The predicted molar refractivity (Wildman–Crippen MR) is 81.2 cm³/mol. The number of amides is 1. The van der Waals surface area contributed by atoms with Gasteiger partial charge in [0.1, 0.15) is 0 Å². The summed E-state index contributed by atoms with van der Waals surface area (Å²) in [5.41, 5.74) is 6.64. The highest BCUT2D eigenvalue weighted by atomic mass is 16.2. The number of carbonyl (C=O) groups excluding carboxylic acids is 1. The fraction of sp³-hybridized carbons (Fsp3) is 0.733. The van der Waals surface area contributed by atoms with Crippen LogP contribution in [-0.2, 0) is 18.3 Å². The van der Waals surface area contributed by atoms with Gasteiger partial charge in [0, 0.05) is 26.3 Å². The van der Waals surface area contributed by atoms with E-state index in [1.54, 1.807) is 4.68 Å². The molecule has 1 heterocycles. The Bertz CT molecular complexity index is 408. The Balaban J connectivity index is 2.53. The second-order valence-corrected chi connectivity index (χ2v) is 5.51. The molecule has 114 valence electrons. The summed E-state index contributed by atoms with van der Waals surface area (Å²) in [6, 6.07) is 0. The van der Waals surface area contributed by atoms with E-state index in [9.17, 15) is 4.79 Å². The van der Waals surface area contributed by atoms with E-state index in [0.717, 1.165) is 37.7 Å². The van der Waals surface area contributed by atoms with Gasteiger partial charge in [0.25, 0.3) is 0 Å². The van der Waals surface area contributed by atoms with Gasteiger partial charge in [0.15, 0.2) is 0 Å². The van der Waals surface area contributed by atoms with Crippen LogP contribution in [-0.4, -0.2) is 28.8 Å². The lowest BCUT2D eigenvalue weighted by Gasteiger charge is -2.30. The Labute approximate surface area is 121 Å². The maximum Gasteiger partial charge on any atom is 0.227 e. The summed E-state index contributed by atoms with van der Waals surface area (Å²) in [5.74, 6) is 0.104. The minimum Gasteiger partial charge on any atom is -0.355 e. The van der Waals surface area contributed by atoms with Crippen LogP contribution in [0, 0.1) is 5.41 Å². The molecule has 1 amide bonds. The minimum atomic E-state index is -0.390. The largest absolute Gasteiger partial charge is 0.355 e. The van der Waals surface area contributed by atoms with Crippen molar-refractivity contribution in [1.29, 1.82) is 0 Å². The minimum absolute atomic E-state index is 0.104. The molecule has 0 bridgehead atoms. The predicted octanol–water partition coefficient (Wildman–Crippen LogP) is 1.62. The van der Waals surface area contributed by atoms with Crippen molar-refractivity contribution in [2.45, 2.75) is 46.0 Å². The number of carbonyl (C=O) groups is 1. The average molecular weight is 280 g/mol. The van der Waals surface area contributed by atoms with Crippen molar-refractivity contribution in [2.24, 2.45) is 18.2 Å². The number of hydrogen-bond acceptors (Lipinski definition) is 3. The van der Waals surface area contributed by atoms with Gasteiger partial charge in [0.2, 0.25) is 5.91 Å². The summed E-state index contributed by atoms with van der Waals surface area (Å²) in [6.45, 7) is 5.26. The first kappa shape index (κ1) is 16.7. The lowest BCUT2D eigenvalue weighted by Crippen LogP contribution is -2.46. The first-order chi connectivity index (χ1) is 9.57. The third-order valence-electron chi connectivity index (χ3n) is 3.79. The van der Waals surface area contributed by atoms with E-state index in [1.165, 1.54) is 0 Å². The first-order valence-electron chi connectivity index (χ1n) is 7.54. The van der Waals surface area contributed by atoms with Crippen LogP contribution in [0.5, 0.6) is 0 Å². The van der Waals surface area contributed by atoms with Crippen LogP contribution < -0.4 is 11.1 Å². The van der Waals surface area contributed by atoms with E-state index in [4.69, 9.17) is 5.73 Å². The lowest BCUT2D eigenvalue weighted by molar-refractivity contribution is -0.131. The molecule has 1 rings (SSSR count). The van der Waals surface area contributed by atoms with Gasteiger partial charge in [-0.2, -0.15) is 5.10 Å². The molecule has 0 spiro atoms. The van der Waals surface area contributed by atoms with Crippen molar-refractivity contribution in [3.05, 3.63) is 18.0 Å². The molecule has 0 fully saturated rings. The highest BCUT2D eigenvalue weighted by molar-refractivity contribution is 5.82. The molecule has 0 radical (unpaired) electrons. The fourth-order valence-electron chi connectivity index (χ4n) is 2.71. The maximum absolute atomic E-state index is 12.5. The second kappa shape index (κ2) is 8.04. The number of hydrogen-bond donors (Lipinski definition) is 2.